The molecule has 342 valence electrons. The third kappa shape index (κ3) is 12.3. The molecule has 8 N–H and O–H groups in total. The molecule has 1 aliphatic heterocycles. The quantitative estimate of drug-likeness (QED) is 0.105. The van der Waals surface area contributed by atoms with Crippen LogP contribution in [0.5, 0.6) is 0 Å². The highest BCUT2D eigenvalue weighted by Crippen LogP contribution is 2.30. The first kappa shape index (κ1) is 47.6. The van der Waals surface area contributed by atoms with Crippen LogP contribution >= 0.6 is 0 Å². The number of nitrogens with two attached hydrogens (primary N) is 3. The van der Waals surface area contributed by atoms with Crippen molar-refractivity contribution in [1.29, 1.82) is 0 Å². The minimum Gasteiger partial charge on any atom is -0.343 e. The van der Waals surface area contributed by atoms with Crippen LogP contribution in [0.4, 0.5) is 4.79 Å². The zero-order chi connectivity index (χ0) is 44.9. The lowest BCUT2D eigenvalue weighted by Crippen LogP contribution is -2.56. The molecular weight excluding hydrogens is 799 g/mol. The number of unbranched alkanes of at least 4 members (excludes halogenated alkanes) is 1. The fourth-order valence-electron chi connectivity index (χ4n) is 9.94. The number of nitrogens with one attached hydrogen (secondary N) is 2. The fourth-order valence-corrected chi connectivity index (χ4v) is 9.94. The number of nitrogens with zero attached hydrogens (tertiary/aromatic N) is 4. The van der Waals surface area contributed by atoms with Gasteiger partial charge in [-0.05, 0) is 94.5 Å². The number of benzene rings is 2. The molecule has 6 rings (SSSR count). The number of Topliss-reactive ketones (excluding diaryl/α,β-unsaturated/α-hetero) is 1. The second kappa shape index (κ2) is 23.2. The van der Waals surface area contributed by atoms with Crippen molar-refractivity contribution in [2.75, 3.05) is 20.1 Å². The highest BCUT2D eigenvalue weighted by molar-refractivity contribution is 6.15. The Kier molecular flexibility index (Phi) is 17.5. The predicted octanol–water partition coefficient (Wildman–Crippen LogP) is 4.50. The largest absolute Gasteiger partial charge is 0.343 e. The third-order valence-corrected chi connectivity index (χ3v) is 13.5. The maximum Gasteiger partial charge on any atom is 0.343 e. The van der Waals surface area contributed by atoms with Crippen LogP contribution in [0.2, 0.25) is 0 Å². The van der Waals surface area contributed by atoms with Crippen LogP contribution < -0.4 is 27.8 Å². The summed E-state index contributed by atoms with van der Waals surface area (Å²) in [5.74, 6) is -2.25. The molecule has 15 heteroatoms. The average Bonchev–Trinajstić information content (AvgIpc) is 3.94. The van der Waals surface area contributed by atoms with Crippen LogP contribution in [0.1, 0.15) is 121 Å². The molecule has 15 nitrogen and oxygen atoms in total. The number of likely N-dealkylation sites (tertiary alicyclic amines) is 1. The number of hydrogen-bond donors (Lipinski definition) is 5. The van der Waals surface area contributed by atoms with Gasteiger partial charge < -0.3 is 32.7 Å². The third-order valence-electron chi connectivity index (χ3n) is 13.5. The summed E-state index contributed by atoms with van der Waals surface area (Å²) in [4.78, 5) is 93.2. The fraction of sp³-hybridized carbons (Fsp3) is 0.604. The Labute approximate surface area is 371 Å². The normalized spacial score (nSPS) is 19.3. The number of imide groups is 3. The van der Waals surface area contributed by atoms with Gasteiger partial charge in [0.25, 0.3) is 11.8 Å². The van der Waals surface area contributed by atoms with Crippen molar-refractivity contribution in [3.8, 4) is 0 Å². The van der Waals surface area contributed by atoms with Gasteiger partial charge in [-0.3, -0.25) is 24.0 Å². The summed E-state index contributed by atoms with van der Waals surface area (Å²) in [6.45, 7) is 0.738. The Balaban J connectivity index is 1.25. The van der Waals surface area contributed by atoms with Crippen molar-refractivity contribution in [3.63, 3.8) is 0 Å². The van der Waals surface area contributed by atoms with E-state index in [0.29, 0.717) is 80.4 Å². The van der Waals surface area contributed by atoms with Gasteiger partial charge in [0, 0.05) is 6.54 Å². The molecule has 2 saturated carbocycles. The Morgan fingerprint density at radius 1 is 0.762 bits per heavy atom. The Hall–Kier alpha value is -4.83. The molecule has 0 bridgehead atoms. The molecule has 5 amide bonds. The summed E-state index contributed by atoms with van der Waals surface area (Å²) in [6, 6.07) is 10.9. The number of amides is 5. The monoisotopic (exact) mass is 868 g/mol. The van der Waals surface area contributed by atoms with Crippen LogP contribution in [0.3, 0.4) is 0 Å². The predicted molar refractivity (Wildman–Crippen MR) is 242 cm³/mol. The molecule has 2 heterocycles. The standard InChI is InChI=1S/C48H69N9O6/c1-52-39(30-34-20-9-4-10-21-34)44(59)54-38(23-13-14-26-49)47(62)55-27-15-25-41(55)42(58)31-43-53-37-22-11-12-24-40(37)56(43)48(63)57(45(60)35(50)28-32-16-5-2-6-17-32)46(61)36(51)29-33-18-7-3-8-19-33/h4,9-12,20-22,24,32-33,35-36,38-39,41,52H,2-3,5-8,13-19,23,25-31,49-51H2,1H3,(H,54,59)/t35-,36+,38-,39-,41-/m0/s1. The van der Waals surface area contributed by atoms with Gasteiger partial charge in [-0.25, -0.2) is 14.3 Å². The number of carbonyl (C=O) groups is 6. The zero-order valence-corrected chi connectivity index (χ0v) is 37.1. The number of fused-ring (bicyclic) bond motifs is 1. The van der Waals surface area contributed by atoms with Crippen molar-refractivity contribution < 1.29 is 28.8 Å². The maximum absolute atomic E-state index is 15.0. The second-order valence-electron chi connectivity index (χ2n) is 18.0. The van der Waals surface area contributed by atoms with Gasteiger partial charge in [0.1, 0.15) is 11.9 Å². The van der Waals surface area contributed by atoms with Gasteiger partial charge in [-0.1, -0.05) is 107 Å². The summed E-state index contributed by atoms with van der Waals surface area (Å²) in [7, 11) is 1.70. The highest BCUT2D eigenvalue weighted by atomic mass is 16.2. The lowest BCUT2D eigenvalue weighted by atomic mass is 9.84. The van der Waals surface area contributed by atoms with Gasteiger partial charge in [0.15, 0.2) is 5.78 Å². The van der Waals surface area contributed by atoms with Gasteiger partial charge in [0.05, 0.1) is 41.6 Å². The molecule has 3 fully saturated rings. The van der Waals surface area contributed by atoms with Gasteiger partial charge in [-0.2, -0.15) is 4.90 Å². The van der Waals surface area contributed by atoms with E-state index in [1.807, 2.05) is 30.3 Å². The minimum atomic E-state index is -1.11. The SMILES string of the molecule is CN[C@@H](Cc1ccccc1)C(=O)N[C@@H](CCCCN)C(=O)N1CCC[C@H]1C(=O)Cc1nc2ccccc2n1C(=O)N(C(=O)[C@H](N)CC1CCCCC1)C(=O)[C@@H](N)CC1CCCCC1. The van der Waals surface area contributed by atoms with E-state index in [4.69, 9.17) is 22.2 Å². The first-order chi connectivity index (χ1) is 30.5. The summed E-state index contributed by atoms with van der Waals surface area (Å²) in [6.07, 6.45) is 13.4. The molecule has 3 aromatic rings. The van der Waals surface area contributed by atoms with E-state index in [1.165, 1.54) is 9.47 Å². The average molecular weight is 868 g/mol. The second-order valence-corrected chi connectivity index (χ2v) is 18.0. The van der Waals surface area contributed by atoms with Crippen molar-refractivity contribution in [1.82, 2.24) is 30.0 Å². The topological polar surface area (TPSA) is 229 Å². The number of ketones is 1. The molecule has 0 spiro atoms. The van der Waals surface area contributed by atoms with E-state index in [9.17, 15) is 28.8 Å². The number of likely N-dealkylation sites (N-methyl/N-ethyl adjacent to an activating group) is 1. The smallest absolute Gasteiger partial charge is 0.343 e. The highest BCUT2D eigenvalue weighted by Gasteiger charge is 2.41. The first-order valence-electron chi connectivity index (χ1n) is 23.4. The number of para-hydroxylation sites is 2. The van der Waals surface area contributed by atoms with Crippen molar-refractivity contribution in [2.24, 2.45) is 29.0 Å². The molecule has 0 unspecified atom stereocenters. The van der Waals surface area contributed by atoms with Crippen LogP contribution in [0.15, 0.2) is 54.6 Å². The van der Waals surface area contributed by atoms with Crippen LogP contribution in [0, 0.1) is 11.8 Å². The molecule has 1 aromatic heterocycles. The number of rotatable bonds is 19. The van der Waals surface area contributed by atoms with E-state index in [2.05, 4.69) is 10.6 Å². The maximum atomic E-state index is 15.0. The summed E-state index contributed by atoms with van der Waals surface area (Å²) >= 11 is 0. The molecule has 63 heavy (non-hydrogen) atoms. The Morgan fingerprint density at radius 3 is 1.97 bits per heavy atom. The van der Waals surface area contributed by atoms with E-state index in [1.54, 1.807) is 31.3 Å². The van der Waals surface area contributed by atoms with Gasteiger partial charge in [0.2, 0.25) is 11.8 Å². The zero-order valence-electron chi connectivity index (χ0n) is 37.1. The van der Waals surface area contributed by atoms with E-state index < -0.39 is 48.1 Å². The number of carbonyl (C=O) groups excluding carboxylic acids is 6. The number of aromatic nitrogens is 2. The summed E-state index contributed by atoms with van der Waals surface area (Å²) < 4.78 is 1.17. The lowest BCUT2D eigenvalue weighted by Gasteiger charge is -2.30. The number of imidazole rings is 1. The van der Waals surface area contributed by atoms with E-state index in [0.717, 1.165) is 69.8 Å². The van der Waals surface area contributed by atoms with E-state index >= 15 is 0 Å². The Morgan fingerprint density at radius 2 is 1.37 bits per heavy atom. The molecular formula is C48H69N9O6. The molecule has 5 atom stereocenters. The van der Waals surface area contributed by atoms with Crippen molar-refractivity contribution in [3.05, 3.63) is 66.0 Å². The first-order valence-corrected chi connectivity index (χ1v) is 23.4. The lowest BCUT2D eigenvalue weighted by molar-refractivity contribution is -0.143. The molecule has 1 saturated heterocycles. The molecule has 3 aliphatic rings. The van der Waals surface area contributed by atoms with Gasteiger partial charge >= 0.3 is 6.03 Å². The molecule has 2 aromatic carbocycles. The molecule has 2 aliphatic carbocycles. The summed E-state index contributed by atoms with van der Waals surface area (Å²) in [5, 5.41) is 6.06. The minimum absolute atomic E-state index is 0.0309. The molecule has 0 radical (unpaired) electrons. The van der Waals surface area contributed by atoms with Gasteiger partial charge in [-0.15, -0.1) is 0 Å². The Bertz CT molecular complexity index is 1990. The van der Waals surface area contributed by atoms with Crippen LogP contribution in [-0.4, -0.2) is 105 Å². The summed E-state index contributed by atoms with van der Waals surface area (Å²) in [5.41, 5.74) is 20.6. The van der Waals surface area contributed by atoms with Crippen LogP contribution in [-0.2, 0) is 36.8 Å². The number of hydrogen-bond acceptors (Lipinski definition) is 11. The van der Waals surface area contributed by atoms with Crippen LogP contribution in [0.25, 0.3) is 11.0 Å². The van der Waals surface area contributed by atoms with Crippen molar-refractivity contribution in [2.45, 2.75) is 152 Å². The van der Waals surface area contributed by atoms with E-state index in [-0.39, 0.29) is 41.7 Å². The van der Waals surface area contributed by atoms with Crippen molar-refractivity contribution >= 4 is 46.5 Å².